The van der Waals surface area contributed by atoms with Crippen molar-refractivity contribution in [1.82, 2.24) is 4.98 Å². The zero-order valence-electron chi connectivity index (χ0n) is 11.0. The number of fused-ring (bicyclic) bond motifs is 1. The SMILES string of the molecule is O=C(O)CCc1c(-c2ccccc2)[nH]c2ccccc12. The second kappa shape index (κ2) is 5.21. The van der Waals surface area contributed by atoms with Gasteiger partial charge in [0.05, 0.1) is 0 Å². The second-order valence-electron chi connectivity index (χ2n) is 4.78. The highest BCUT2D eigenvalue weighted by molar-refractivity contribution is 5.91. The van der Waals surface area contributed by atoms with Crippen molar-refractivity contribution in [3.8, 4) is 11.3 Å². The minimum atomic E-state index is -0.769. The fourth-order valence-corrected chi connectivity index (χ4v) is 2.54. The van der Waals surface area contributed by atoms with E-state index in [1.165, 1.54) is 0 Å². The van der Waals surface area contributed by atoms with Crippen LogP contribution in [-0.4, -0.2) is 16.1 Å². The Morgan fingerprint density at radius 1 is 1.00 bits per heavy atom. The molecule has 2 aromatic carbocycles. The molecule has 2 N–H and O–H groups in total. The van der Waals surface area contributed by atoms with Crippen LogP contribution in [0, 0.1) is 0 Å². The molecule has 100 valence electrons. The van der Waals surface area contributed by atoms with E-state index in [1.807, 2.05) is 54.6 Å². The fourth-order valence-electron chi connectivity index (χ4n) is 2.54. The third-order valence-corrected chi connectivity index (χ3v) is 3.46. The molecular weight excluding hydrogens is 250 g/mol. The van der Waals surface area contributed by atoms with Crippen LogP contribution in [0.25, 0.3) is 22.2 Å². The maximum atomic E-state index is 10.9. The molecule has 0 saturated heterocycles. The number of aromatic nitrogens is 1. The summed E-state index contributed by atoms with van der Waals surface area (Å²) >= 11 is 0. The number of hydrogen-bond acceptors (Lipinski definition) is 1. The molecule has 0 radical (unpaired) electrons. The number of aromatic amines is 1. The first-order chi connectivity index (χ1) is 9.75. The van der Waals surface area contributed by atoms with Gasteiger partial charge in [0.1, 0.15) is 0 Å². The van der Waals surface area contributed by atoms with Crippen molar-refractivity contribution < 1.29 is 9.90 Å². The lowest BCUT2D eigenvalue weighted by molar-refractivity contribution is -0.136. The van der Waals surface area contributed by atoms with Gasteiger partial charge in [-0.25, -0.2) is 0 Å². The van der Waals surface area contributed by atoms with Gasteiger partial charge in [0, 0.05) is 23.0 Å². The number of H-pyrrole nitrogens is 1. The second-order valence-corrected chi connectivity index (χ2v) is 4.78. The summed E-state index contributed by atoms with van der Waals surface area (Å²) in [4.78, 5) is 14.3. The van der Waals surface area contributed by atoms with Crippen molar-refractivity contribution in [2.75, 3.05) is 0 Å². The van der Waals surface area contributed by atoms with Gasteiger partial charge in [-0.1, -0.05) is 48.5 Å². The maximum absolute atomic E-state index is 10.9. The molecule has 3 rings (SSSR count). The van der Waals surface area contributed by atoms with E-state index in [0.29, 0.717) is 6.42 Å². The molecule has 0 fully saturated rings. The van der Waals surface area contributed by atoms with E-state index in [-0.39, 0.29) is 6.42 Å². The van der Waals surface area contributed by atoms with E-state index in [0.717, 1.165) is 27.7 Å². The molecule has 0 spiro atoms. The highest BCUT2D eigenvalue weighted by Gasteiger charge is 2.13. The van der Waals surface area contributed by atoms with E-state index >= 15 is 0 Å². The van der Waals surface area contributed by atoms with Gasteiger partial charge in [-0.2, -0.15) is 0 Å². The Morgan fingerprint density at radius 3 is 2.45 bits per heavy atom. The number of carboxylic acid groups (broad SMARTS) is 1. The van der Waals surface area contributed by atoms with Gasteiger partial charge >= 0.3 is 5.97 Å². The van der Waals surface area contributed by atoms with Gasteiger partial charge in [-0.3, -0.25) is 4.79 Å². The predicted molar refractivity (Wildman–Crippen MR) is 79.7 cm³/mol. The van der Waals surface area contributed by atoms with Gasteiger partial charge in [-0.05, 0) is 23.6 Å². The first kappa shape index (κ1) is 12.5. The van der Waals surface area contributed by atoms with Gasteiger partial charge in [0.15, 0.2) is 0 Å². The maximum Gasteiger partial charge on any atom is 0.303 e. The minimum Gasteiger partial charge on any atom is -0.481 e. The standard InChI is InChI=1S/C17H15NO2/c19-16(20)11-10-14-13-8-4-5-9-15(13)18-17(14)12-6-2-1-3-7-12/h1-9,18H,10-11H2,(H,19,20). The van der Waals surface area contributed by atoms with E-state index in [1.54, 1.807) is 0 Å². The third kappa shape index (κ3) is 2.30. The average molecular weight is 265 g/mol. The Kier molecular flexibility index (Phi) is 3.25. The molecule has 1 heterocycles. The number of carbonyl (C=O) groups is 1. The van der Waals surface area contributed by atoms with E-state index in [2.05, 4.69) is 4.98 Å². The Hall–Kier alpha value is -2.55. The molecule has 0 unspecified atom stereocenters. The Morgan fingerprint density at radius 2 is 1.70 bits per heavy atom. The lowest BCUT2D eigenvalue weighted by Gasteiger charge is -2.03. The fraction of sp³-hybridized carbons (Fsp3) is 0.118. The molecule has 0 atom stereocenters. The molecule has 0 amide bonds. The van der Waals surface area contributed by atoms with Crippen molar-refractivity contribution in [1.29, 1.82) is 0 Å². The molecule has 3 heteroatoms. The molecule has 0 aliphatic heterocycles. The number of para-hydroxylation sites is 1. The number of nitrogens with one attached hydrogen (secondary N) is 1. The zero-order valence-corrected chi connectivity index (χ0v) is 11.0. The van der Waals surface area contributed by atoms with Crippen LogP contribution in [0.5, 0.6) is 0 Å². The molecule has 0 aliphatic carbocycles. The normalized spacial score (nSPS) is 10.8. The lowest BCUT2D eigenvalue weighted by atomic mass is 10.0. The number of benzene rings is 2. The monoisotopic (exact) mass is 265 g/mol. The molecule has 1 aromatic heterocycles. The highest BCUT2D eigenvalue weighted by atomic mass is 16.4. The predicted octanol–water partition coefficient (Wildman–Crippen LogP) is 3.85. The topological polar surface area (TPSA) is 53.1 Å². The van der Waals surface area contributed by atoms with Crippen LogP contribution >= 0.6 is 0 Å². The Bertz CT molecular complexity index is 744. The molecule has 20 heavy (non-hydrogen) atoms. The quantitative estimate of drug-likeness (QED) is 0.752. The van der Waals surface area contributed by atoms with Crippen LogP contribution in [0.3, 0.4) is 0 Å². The summed E-state index contributed by atoms with van der Waals surface area (Å²) in [6.45, 7) is 0. The largest absolute Gasteiger partial charge is 0.481 e. The van der Waals surface area contributed by atoms with Crippen molar-refractivity contribution >= 4 is 16.9 Å². The summed E-state index contributed by atoms with van der Waals surface area (Å²) in [7, 11) is 0. The molecule has 0 aliphatic rings. The van der Waals surface area contributed by atoms with Crippen LogP contribution in [0.15, 0.2) is 54.6 Å². The van der Waals surface area contributed by atoms with Crippen molar-refractivity contribution in [3.05, 3.63) is 60.2 Å². The molecular formula is C17H15NO2. The summed E-state index contributed by atoms with van der Waals surface area (Å²) < 4.78 is 0. The summed E-state index contributed by atoms with van der Waals surface area (Å²) in [6.07, 6.45) is 0.672. The van der Waals surface area contributed by atoms with Crippen LogP contribution in [0.2, 0.25) is 0 Å². The Balaban J connectivity index is 2.15. The summed E-state index contributed by atoms with van der Waals surface area (Å²) in [6, 6.07) is 18.0. The number of rotatable bonds is 4. The lowest BCUT2D eigenvalue weighted by Crippen LogP contribution is -1.98. The average Bonchev–Trinajstić information content (AvgIpc) is 2.84. The number of aryl methyl sites for hydroxylation is 1. The van der Waals surface area contributed by atoms with Crippen LogP contribution < -0.4 is 0 Å². The zero-order chi connectivity index (χ0) is 13.9. The molecule has 0 saturated carbocycles. The third-order valence-electron chi connectivity index (χ3n) is 3.46. The minimum absolute atomic E-state index is 0.141. The first-order valence-corrected chi connectivity index (χ1v) is 6.62. The van der Waals surface area contributed by atoms with Crippen LogP contribution in [0.1, 0.15) is 12.0 Å². The molecule has 0 bridgehead atoms. The van der Waals surface area contributed by atoms with E-state index < -0.39 is 5.97 Å². The van der Waals surface area contributed by atoms with Gasteiger partial charge in [0.2, 0.25) is 0 Å². The molecule has 3 aromatic rings. The van der Waals surface area contributed by atoms with E-state index in [4.69, 9.17) is 5.11 Å². The molecule has 3 nitrogen and oxygen atoms in total. The first-order valence-electron chi connectivity index (χ1n) is 6.62. The van der Waals surface area contributed by atoms with Gasteiger partial charge < -0.3 is 10.1 Å². The van der Waals surface area contributed by atoms with Crippen LogP contribution in [0.4, 0.5) is 0 Å². The smallest absolute Gasteiger partial charge is 0.303 e. The summed E-state index contributed by atoms with van der Waals surface area (Å²) in [5.41, 5.74) is 4.23. The van der Waals surface area contributed by atoms with Crippen molar-refractivity contribution in [2.45, 2.75) is 12.8 Å². The van der Waals surface area contributed by atoms with Gasteiger partial charge in [-0.15, -0.1) is 0 Å². The number of hydrogen-bond donors (Lipinski definition) is 2. The van der Waals surface area contributed by atoms with Crippen molar-refractivity contribution in [3.63, 3.8) is 0 Å². The number of carboxylic acids is 1. The van der Waals surface area contributed by atoms with Crippen molar-refractivity contribution in [2.24, 2.45) is 0 Å². The summed E-state index contributed by atoms with van der Waals surface area (Å²) in [5.74, 6) is -0.769. The number of aliphatic carboxylic acids is 1. The van der Waals surface area contributed by atoms with Gasteiger partial charge in [0.25, 0.3) is 0 Å². The van der Waals surface area contributed by atoms with Crippen LogP contribution in [-0.2, 0) is 11.2 Å². The summed E-state index contributed by atoms with van der Waals surface area (Å²) in [5, 5.41) is 10.0. The Labute approximate surface area is 116 Å². The highest BCUT2D eigenvalue weighted by Crippen LogP contribution is 2.31. The van der Waals surface area contributed by atoms with E-state index in [9.17, 15) is 4.79 Å².